The van der Waals surface area contributed by atoms with Gasteiger partial charge in [-0.25, -0.2) is 0 Å². The second-order valence-corrected chi connectivity index (χ2v) is 7.12. The van der Waals surface area contributed by atoms with Gasteiger partial charge in [0, 0.05) is 12.6 Å². The first kappa shape index (κ1) is 21.9. The lowest BCUT2D eigenvalue weighted by Gasteiger charge is -2.21. The number of unbranched alkanes of at least 4 members (excludes halogenated alkanes) is 2. The Hall–Kier alpha value is -2.10. The molecule has 0 aromatic rings. The van der Waals surface area contributed by atoms with Gasteiger partial charge in [-0.1, -0.05) is 43.1 Å². The molecule has 2 N–H and O–H groups in total. The van der Waals surface area contributed by atoms with Gasteiger partial charge in [-0.2, -0.15) is 0 Å². The van der Waals surface area contributed by atoms with Crippen LogP contribution in [0.15, 0.2) is 45.9 Å². The fourth-order valence-electron chi connectivity index (χ4n) is 3.00. The van der Waals surface area contributed by atoms with E-state index in [1.807, 2.05) is 13.0 Å². The molecule has 1 aliphatic carbocycles. The van der Waals surface area contributed by atoms with Gasteiger partial charge < -0.3 is 10.4 Å². The molecule has 0 atom stereocenters. The number of hydrogen-bond acceptors (Lipinski definition) is 4. The van der Waals surface area contributed by atoms with Gasteiger partial charge in [0.15, 0.2) is 0 Å². The molecule has 0 aliphatic heterocycles. The van der Waals surface area contributed by atoms with E-state index in [9.17, 15) is 14.7 Å². The second kappa shape index (κ2) is 10.8. The van der Waals surface area contributed by atoms with E-state index >= 15 is 0 Å². The lowest BCUT2D eigenvalue weighted by Crippen LogP contribution is -2.30. The van der Waals surface area contributed by atoms with Crippen molar-refractivity contribution in [1.29, 1.82) is 0 Å². The Morgan fingerprint density at radius 3 is 2.27 bits per heavy atom. The van der Waals surface area contributed by atoms with E-state index in [-0.39, 0.29) is 17.8 Å². The van der Waals surface area contributed by atoms with E-state index < -0.39 is 11.6 Å². The summed E-state index contributed by atoms with van der Waals surface area (Å²) < 4.78 is 0. The number of Topliss-reactive ketones (excluding diaryl/α,β-unsaturated/α-hetero) is 2. The average Bonchev–Trinajstić information content (AvgIpc) is 2.59. The summed E-state index contributed by atoms with van der Waals surface area (Å²) in [7, 11) is 1.67. The standard InChI is InChI=1S/C22H33NO3/c1-6-7-8-12-17-19(23-5)20(24)18(22(26)21(17)25)14-13-16(4)11-9-10-15(2)3/h10,13,23-24H,6-9,11-12,14H2,1-5H3/b16-13+. The van der Waals surface area contributed by atoms with Crippen LogP contribution in [0.1, 0.15) is 72.6 Å². The van der Waals surface area contributed by atoms with E-state index in [1.54, 1.807) is 7.05 Å². The van der Waals surface area contributed by atoms with Gasteiger partial charge >= 0.3 is 0 Å². The Morgan fingerprint density at radius 1 is 1.04 bits per heavy atom. The lowest BCUT2D eigenvalue weighted by atomic mass is 9.87. The summed E-state index contributed by atoms with van der Waals surface area (Å²) in [5, 5.41) is 13.5. The van der Waals surface area contributed by atoms with Crippen molar-refractivity contribution in [3.05, 3.63) is 45.9 Å². The molecule has 0 spiro atoms. The molecule has 4 heteroatoms. The van der Waals surface area contributed by atoms with Crippen molar-refractivity contribution in [3.63, 3.8) is 0 Å². The summed E-state index contributed by atoms with van der Waals surface area (Å²) in [6.45, 7) is 8.23. The number of nitrogens with one attached hydrogen (secondary N) is 1. The highest BCUT2D eigenvalue weighted by Crippen LogP contribution is 2.28. The molecule has 0 heterocycles. The summed E-state index contributed by atoms with van der Waals surface area (Å²) in [6, 6.07) is 0. The molecule has 1 rings (SSSR count). The molecular formula is C22H33NO3. The number of carbonyl (C=O) groups excluding carboxylic acids is 2. The maximum Gasteiger partial charge on any atom is 0.233 e. The highest BCUT2D eigenvalue weighted by Gasteiger charge is 2.33. The molecule has 1 aliphatic rings. The first-order valence-electron chi connectivity index (χ1n) is 9.54. The molecule has 0 fully saturated rings. The van der Waals surface area contributed by atoms with Gasteiger partial charge in [0.1, 0.15) is 5.76 Å². The largest absolute Gasteiger partial charge is 0.505 e. The van der Waals surface area contributed by atoms with Crippen LogP contribution >= 0.6 is 0 Å². The summed E-state index contributed by atoms with van der Waals surface area (Å²) >= 11 is 0. The van der Waals surface area contributed by atoms with Crippen LogP contribution in [-0.4, -0.2) is 23.7 Å². The summed E-state index contributed by atoms with van der Waals surface area (Å²) in [6.07, 6.45) is 9.62. The third kappa shape index (κ3) is 6.01. The first-order chi connectivity index (χ1) is 12.3. The third-order valence-corrected chi connectivity index (χ3v) is 4.61. The molecule has 0 radical (unpaired) electrons. The Balaban J connectivity index is 2.99. The molecule has 0 amide bonds. The van der Waals surface area contributed by atoms with Crippen LogP contribution in [-0.2, 0) is 9.59 Å². The molecule has 0 aromatic carbocycles. The Bertz CT molecular complexity index is 659. The van der Waals surface area contributed by atoms with Crippen molar-refractivity contribution in [2.45, 2.75) is 72.6 Å². The summed E-state index contributed by atoms with van der Waals surface area (Å²) in [4.78, 5) is 25.0. The smallest absolute Gasteiger partial charge is 0.233 e. The molecule has 0 saturated carbocycles. The summed E-state index contributed by atoms with van der Waals surface area (Å²) in [5.74, 6) is -1.12. The molecule has 0 unspecified atom stereocenters. The van der Waals surface area contributed by atoms with Crippen molar-refractivity contribution in [2.24, 2.45) is 0 Å². The Morgan fingerprint density at radius 2 is 1.69 bits per heavy atom. The first-order valence-corrected chi connectivity index (χ1v) is 9.54. The SMILES string of the molecule is CCCCCC1=C(NC)C(O)=C(C/C=C(\C)CCC=C(C)C)C(=O)C1=O. The lowest BCUT2D eigenvalue weighted by molar-refractivity contribution is -0.132. The normalized spacial score (nSPS) is 15.7. The van der Waals surface area contributed by atoms with Crippen molar-refractivity contribution in [2.75, 3.05) is 7.05 Å². The van der Waals surface area contributed by atoms with Crippen molar-refractivity contribution in [1.82, 2.24) is 5.32 Å². The van der Waals surface area contributed by atoms with Crippen molar-refractivity contribution in [3.8, 4) is 0 Å². The zero-order valence-corrected chi connectivity index (χ0v) is 16.9. The van der Waals surface area contributed by atoms with Crippen LogP contribution in [0.25, 0.3) is 0 Å². The van der Waals surface area contributed by atoms with Gasteiger partial charge in [0.05, 0.1) is 11.3 Å². The van der Waals surface area contributed by atoms with Crippen LogP contribution in [0.3, 0.4) is 0 Å². The van der Waals surface area contributed by atoms with E-state index in [0.717, 1.165) is 37.7 Å². The number of carbonyl (C=O) groups is 2. The van der Waals surface area contributed by atoms with Crippen LogP contribution in [0.5, 0.6) is 0 Å². The second-order valence-electron chi connectivity index (χ2n) is 7.12. The minimum atomic E-state index is -0.568. The predicted octanol–water partition coefficient (Wildman–Crippen LogP) is 5.09. The van der Waals surface area contributed by atoms with Gasteiger partial charge in [-0.3, -0.25) is 9.59 Å². The number of rotatable bonds is 10. The van der Waals surface area contributed by atoms with Gasteiger partial charge in [-0.15, -0.1) is 0 Å². The number of ketones is 2. The highest BCUT2D eigenvalue weighted by molar-refractivity contribution is 6.50. The van der Waals surface area contributed by atoms with E-state index in [0.29, 0.717) is 17.7 Å². The third-order valence-electron chi connectivity index (χ3n) is 4.61. The molecule has 0 aromatic heterocycles. The maximum absolute atomic E-state index is 12.5. The quantitative estimate of drug-likeness (QED) is 0.247. The van der Waals surface area contributed by atoms with Crippen LogP contribution in [0, 0.1) is 0 Å². The molecule has 144 valence electrons. The minimum absolute atomic E-state index is 0.0723. The number of aliphatic hydroxyl groups excluding tert-OH is 1. The molecule has 0 bridgehead atoms. The van der Waals surface area contributed by atoms with Crippen molar-refractivity contribution >= 4 is 11.6 Å². The number of aliphatic hydroxyl groups is 1. The molecule has 4 nitrogen and oxygen atoms in total. The monoisotopic (exact) mass is 359 g/mol. The number of allylic oxidation sites excluding steroid dienone is 6. The van der Waals surface area contributed by atoms with Gasteiger partial charge in [0.2, 0.25) is 11.6 Å². The van der Waals surface area contributed by atoms with Crippen LogP contribution in [0.2, 0.25) is 0 Å². The Kier molecular flexibility index (Phi) is 9.11. The van der Waals surface area contributed by atoms with Crippen LogP contribution in [0.4, 0.5) is 0 Å². The number of likely N-dealkylation sites (N-methyl/N-ethyl adjacent to an activating group) is 1. The van der Waals surface area contributed by atoms with Crippen molar-refractivity contribution < 1.29 is 14.7 Å². The van der Waals surface area contributed by atoms with Crippen LogP contribution < -0.4 is 5.32 Å². The number of hydrogen-bond donors (Lipinski definition) is 2. The zero-order chi connectivity index (χ0) is 19.7. The zero-order valence-electron chi connectivity index (χ0n) is 16.9. The fourth-order valence-corrected chi connectivity index (χ4v) is 3.00. The predicted molar refractivity (Wildman–Crippen MR) is 107 cm³/mol. The minimum Gasteiger partial charge on any atom is -0.505 e. The average molecular weight is 360 g/mol. The van der Waals surface area contributed by atoms with E-state index in [2.05, 4.69) is 32.2 Å². The summed E-state index contributed by atoms with van der Waals surface area (Å²) in [5.41, 5.74) is 3.45. The molecule has 0 saturated heterocycles. The van der Waals surface area contributed by atoms with E-state index in [1.165, 1.54) is 5.57 Å². The molecule has 26 heavy (non-hydrogen) atoms. The fraction of sp³-hybridized carbons (Fsp3) is 0.545. The van der Waals surface area contributed by atoms with E-state index in [4.69, 9.17) is 0 Å². The maximum atomic E-state index is 12.5. The topological polar surface area (TPSA) is 66.4 Å². The molecular weight excluding hydrogens is 326 g/mol. The van der Waals surface area contributed by atoms with Gasteiger partial charge in [0.25, 0.3) is 0 Å². The highest BCUT2D eigenvalue weighted by atomic mass is 16.3. The van der Waals surface area contributed by atoms with Gasteiger partial charge in [-0.05, 0) is 52.9 Å². The Labute approximate surface area is 157 Å².